The molecule has 0 radical (unpaired) electrons. The molecule has 0 bridgehead atoms. The van der Waals surface area contributed by atoms with E-state index in [4.69, 9.17) is 5.84 Å². The Morgan fingerprint density at radius 3 is 2.86 bits per heavy atom. The van der Waals surface area contributed by atoms with Crippen LogP contribution in [0.4, 0.5) is 0 Å². The van der Waals surface area contributed by atoms with Gasteiger partial charge in [-0.2, -0.15) is 0 Å². The molecule has 14 heavy (non-hydrogen) atoms. The van der Waals surface area contributed by atoms with Gasteiger partial charge in [0.15, 0.2) is 0 Å². The molecular weight excluding hydrogens is 182 g/mol. The van der Waals surface area contributed by atoms with Crippen molar-refractivity contribution >= 4 is 11.8 Å². The van der Waals surface area contributed by atoms with Crippen molar-refractivity contribution in [2.45, 2.75) is 6.04 Å². The number of rotatable bonds is 1. The summed E-state index contributed by atoms with van der Waals surface area (Å²) in [6.07, 6.45) is 0. The van der Waals surface area contributed by atoms with Gasteiger partial charge in [0.05, 0.1) is 0 Å². The minimum Gasteiger partial charge on any atom is -0.336 e. The minimum atomic E-state index is -0.663. The zero-order chi connectivity index (χ0) is 10.1. The summed E-state index contributed by atoms with van der Waals surface area (Å²) < 4.78 is 0. The van der Waals surface area contributed by atoms with Crippen molar-refractivity contribution < 1.29 is 9.59 Å². The van der Waals surface area contributed by atoms with E-state index in [0.717, 1.165) is 0 Å². The van der Waals surface area contributed by atoms with Gasteiger partial charge in [0.1, 0.15) is 6.04 Å². The lowest BCUT2D eigenvalue weighted by Crippen LogP contribution is -2.39. The number of benzene rings is 1. The Labute approximate surface area is 80.3 Å². The lowest BCUT2D eigenvalue weighted by Gasteiger charge is -2.08. The molecule has 4 N–H and O–H groups in total. The van der Waals surface area contributed by atoms with Crippen LogP contribution in [0, 0.1) is 0 Å². The van der Waals surface area contributed by atoms with Gasteiger partial charge in [-0.15, -0.1) is 0 Å². The van der Waals surface area contributed by atoms with Crippen molar-refractivity contribution in [1.29, 1.82) is 0 Å². The Hall–Kier alpha value is -1.88. The molecule has 0 saturated heterocycles. The minimum absolute atomic E-state index is 0.241. The van der Waals surface area contributed by atoms with Crippen LogP contribution in [0.1, 0.15) is 22.0 Å². The number of hydrogen-bond donors (Lipinski definition) is 3. The molecule has 5 nitrogen and oxygen atoms in total. The molecule has 5 heteroatoms. The van der Waals surface area contributed by atoms with Crippen LogP contribution in [0.2, 0.25) is 0 Å². The number of amides is 2. The summed E-state index contributed by atoms with van der Waals surface area (Å²) in [7, 11) is 0. The molecule has 0 fully saturated rings. The van der Waals surface area contributed by atoms with Crippen LogP contribution in [0.3, 0.4) is 0 Å². The number of hydrogen-bond acceptors (Lipinski definition) is 3. The number of fused-ring (bicyclic) bond motifs is 1. The van der Waals surface area contributed by atoms with E-state index in [0.29, 0.717) is 11.1 Å². The third-order valence-electron chi connectivity index (χ3n) is 2.20. The Bertz CT molecular complexity index is 403. The highest BCUT2D eigenvalue weighted by Crippen LogP contribution is 2.24. The molecule has 0 unspecified atom stereocenters. The Morgan fingerprint density at radius 1 is 1.43 bits per heavy atom. The van der Waals surface area contributed by atoms with E-state index in [9.17, 15) is 9.59 Å². The molecule has 0 spiro atoms. The predicted molar refractivity (Wildman–Crippen MR) is 49.0 cm³/mol. The molecular formula is C9H9N3O2. The second-order valence-electron chi connectivity index (χ2n) is 3.00. The van der Waals surface area contributed by atoms with E-state index in [1.165, 1.54) is 0 Å². The molecule has 0 saturated carbocycles. The SMILES string of the molecule is NNC(=O)[C@H]1NC(=O)c2ccccc21. The van der Waals surface area contributed by atoms with Crippen molar-refractivity contribution in [3.63, 3.8) is 0 Å². The molecule has 72 valence electrons. The van der Waals surface area contributed by atoms with Gasteiger partial charge >= 0.3 is 0 Å². The first-order valence-electron chi connectivity index (χ1n) is 4.14. The summed E-state index contributed by atoms with van der Waals surface area (Å²) in [5.74, 6) is 4.35. The standard InChI is InChI=1S/C9H9N3O2/c10-12-9(14)7-5-3-1-2-4-6(5)8(13)11-7/h1-4,7H,10H2,(H,11,13)(H,12,14)/t7-/m0/s1. The summed E-state index contributed by atoms with van der Waals surface area (Å²) in [6, 6.07) is 6.27. The first-order chi connectivity index (χ1) is 6.74. The summed E-state index contributed by atoms with van der Waals surface area (Å²) in [5.41, 5.74) is 3.21. The Balaban J connectivity index is 2.44. The average Bonchev–Trinajstić information content (AvgIpc) is 2.56. The monoisotopic (exact) mass is 191 g/mol. The highest BCUT2D eigenvalue weighted by atomic mass is 16.2. The molecule has 1 aliphatic rings. The molecule has 0 aliphatic carbocycles. The van der Waals surface area contributed by atoms with Crippen LogP contribution >= 0.6 is 0 Å². The number of nitrogens with two attached hydrogens (primary N) is 1. The van der Waals surface area contributed by atoms with Crippen LogP contribution in [-0.2, 0) is 4.79 Å². The van der Waals surface area contributed by atoms with E-state index in [1.54, 1.807) is 24.3 Å². The van der Waals surface area contributed by atoms with Crippen LogP contribution in [0.15, 0.2) is 24.3 Å². The normalized spacial score (nSPS) is 18.6. The van der Waals surface area contributed by atoms with E-state index in [1.807, 2.05) is 5.43 Å². The maximum Gasteiger partial charge on any atom is 0.261 e. The highest BCUT2D eigenvalue weighted by molar-refractivity contribution is 6.04. The first kappa shape index (κ1) is 8.71. The molecule has 2 amide bonds. The van der Waals surface area contributed by atoms with Crippen LogP contribution < -0.4 is 16.6 Å². The van der Waals surface area contributed by atoms with E-state index >= 15 is 0 Å². The van der Waals surface area contributed by atoms with Gasteiger partial charge in [-0.1, -0.05) is 18.2 Å². The third-order valence-corrected chi connectivity index (χ3v) is 2.20. The topological polar surface area (TPSA) is 84.2 Å². The molecule has 0 aromatic heterocycles. The number of carbonyl (C=O) groups excluding carboxylic acids is 2. The van der Waals surface area contributed by atoms with Crippen LogP contribution in [-0.4, -0.2) is 11.8 Å². The van der Waals surface area contributed by atoms with Gasteiger partial charge in [0, 0.05) is 5.56 Å². The van der Waals surface area contributed by atoms with Crippen molar-refractivity contribution in [2.75, 3.05) is 0 Å². The summed E-state index contributed by atoms with van der Waals surface area (Å²) in [4.78, 5) is 22.6. The second-order valence-corrected chi connectivity index (χ2v) is 3.00. The summed E-state index contributed by atoms with van der Waals surface area (Å²) in [6.45, 7) is 0. The molecule has 1 atom stereocenters. The lowest BCUT2D eigenvalue weighted by atomic mass is 10.0. The quantitative estimate of drug-likeness (QED) is 0.316. The fourth-order valence-corrected chi connectivity index (χ4v) is 1.53. The molecule has 1 aromatic rings. The van der Waals surface area contributed by atoms with Crippen molar-refractivity contribution in [1.82, 2.24) is 10.7 Å². The van der Waals surface area contributed by atoms with Gasteiger partial charge < -0.3 is 5.32 Å². The number of carbonyl (C=O) groups is 2. The predicted octanol–water partition coefficient (Wildman–Crippen LogP) is -0.539. The molecule has 1 aromatic carbocycles. The van der Waals surface area contributed by atoms with E-state index in [-0.39, 0.29) is 5.91 Å². The van der Waals surface area contributed by atoms with Gasteiger partial charge in [0.25, 0.3) is 11.8 Å². The Morgan fingerprint density at radius 2 is 2.14 bits per heavy atom. The summed E-state index contributed by atoms with van der Waals surface area (Å²) in [5, 5.41) is 2.54. The van der Waals surface area contributed by atoms with Gasteiger partial charge in [0.2, 0.25) is 0 Å². The fraction of sp³-hybridized carbons (Fsp3) is 0.111. The van der Waals surface area contributed by atoms with Gasteiger partial charge in [-0.3, -0.25) is 15.0 Å². The zero-order valence-corrected chi connectivity index (χ0v) is 7.28. The average molecular weight is 191 g/mol. The van der Waals surface area contributed by atoms with Crippen molar-refractivity contribution in [2.24, 2.45) is 5.84 Å². The van der Waals surface area contributed by atoms with Gasteiger partial charge in [-0.25, -0.2) is 5.84 Å². The summed E-state index contributed by atoms with van der Waals surface area (Å²) >= 11 is 0. The largest absolute Gasteiger partial charge is 0.336 e. The second kappa shape index (κ2) is 3.12. The molecule has 1 aliphatic heterocycles. The van der Waals surface area contributed by atoms with E-state index in [2.05, 4.69) is 5.32 Å². The van der Waals surface area contributed by atoms with Crippen LogP contribution in [0.5, 0.6) is 0 Å². The maximum atomic E-state index is 11.4. The first-order valence-corrected chi connectivity index (χ1v) is 4.14. The van der Waals surface area contributed by atoms with Crippen LogP contribution in [0.25, 0.3) is 0 Å². The van der Waals surface area contributed by atoms with Crippen molar-refractivity contribution in [3.8, 4) is 0 Å². The zero-order valence-electron chi connectivity index (χ0n) is 7.28. The molecule has 1 heterocycles. The van der Waals surface area contributed by atoms with E-state index < -0.39 is 11.9 Å². The smallest absolute Gasteiger partial charge is 0.261 e. The van der Waals surface area contributed by atoms with Crippen molar-refractivity contribution in [3.05, 3.63) is 35.4 Å². The highest BCUT2D eigenvalue weighted by Gasteiger charge is 2.32. The maximum absolute atomic E-state index is 11.4. The number of hydrazine groups is 1. The molecule has 2 rings (SSSR count). The Kier molecular flexibility index (Phi) is 1.94. The van der Waals surface area contributed by atoms with Gasteiger partial charge in [-0.05, 0) is 11.6 Å². The fourth-order valence-electron chi connectivity index (χ4n) is 1.53. The lowest BCUT2D eigenvalue weighted by molar-refractivity contribution is -0.123. The third kappa shape index (κ3) is 1.14. The number of nitrogens with one attached hydrogen (secondary N) is 2.